The van der Waals surface area contributed by atoms with Gasteiger partial charge in [0.25, 0.3) is 17.4 Å². The molecule has 8 nitrogen and oxygen atoms in total. The molecule has 0 unspecified atom stereocenters. The first-order chi connectivity index (χ1) is 25.1. The zero-order valence-electron chi connectivity index (χ0n) is 29.2. The number of aryl methyl sites for hydroxylation is 3. The summed E-state index contributed by atoms with van der Waals surface area (Å²) < 4.78 is 1.44. The number of nitrogens with zero attached hydrogens (tertiary/aromatic N) is 3. The lowest BCUT2D eigenvalue weighted by molar-refractivity contribution is 0.0877. The number of imide groups is 1. The van der Waals surface area contributed by atoms with Crippen LogP contribution in [-0.4, -0.2) is 32.9 Å². The Kier molecular flexibility index (Phi) is 7.23. The Morgan fingerprint density at radius 2 is 1.25 bits per heavy atom. The summed E-state index contributed by atoms with van der Waals surface area (Å²) in [6, 6.07) is 25.5. The van der Waals surface area contributed by atoms with E-state index >= 15 is 0 Å². The van der Waals surface area contributed by atoms with Crippen molar-refractivity contribution in [2.45, 2.75) is 64.8 Å². The van der Waals surface area contributed by atoms with E-state index in [-0.39, 0.29) is 40.2 Å². The van der Waals surface area contributed by atoms with Crippen molar-refractivity contribution in [3.8, 4) is 0 Å². The van der Waals surface area contributed by atoms with Gasteiger partial charge in [-0.2, -0.15) is 0 Å². The number of ketones is 2. The van der Waals surface area contributed by atoms with Crippen LogP contribution in [0.25, 0.3) is 21.7 Å². The molecule has 5 aromatic carbocycles. The number of fused-ring (bicyclic) bond motifs is 4. The molecule has 1 saturated carbocycles. The van der Waals surface area contributed by atoms with Crippen molar-refractivity contribution in [1.29, 1.82) is 0 Å². The third-order valence-corrected chi connectivity index (χ3v) is 11.2. The Morgan fingerprint density at radius 3 is 1.85 bits per heavy atom. The van der Waals surface area contributed by atoms with Crippen LogP contribution in [0.2, 0.25) is 0 Å². The average Bonchev–Trinajstić information content (AvgIpc) is 3.82. The first-order valence-corrected chi connectivity index (χ1v) is 17.8. The topological polar surface area (TPSA) is 106 Å². The van der Waals surface area contributed by atoms with Crippen molar-refractivity contribution in [3.63, 3.8) is 0 Å². The number of hydrogen-bond acceptors (Lipinski definition) is 6. The predicted molar refractivity (Wildman–Crippen MR) is 200 cm³/mol. The molecule has 2 amide bonds. The molecule has 0 atom stereocenters. The summed E-state index contributed by atoms with van der Waals surface area (Å²) in [5.41, 5.74) is 6.35. The molecule has 8 heteroatoms. The average molecular weight is 686 g/mol. The first-order valence-electron chi connectivity index (χ1n) is 17.8. The van der Waals surface area contributed by atoms with E-state index < -0.39 is 29.3 Å². The lowest BCUT2D eigenvalue weighted by Gasteiger charge is -2.22. The predicted octanol–water partition coefficient (Wildman–Crippen LogP) is 8.14. The molecule has 0 saturated heterocycles. The normalized spacial score (nSPS) is 16.2. The zero-order chi connectivity index (χ0) is 36.0. The van der Waals surface area contributed by atoms with Gasteiger partial charge in [0.15, 0.2) is 11.6 Å². The minimum absolute atomic E-state index is 0.0913. The Labute approximate surface area is 299 Å². The van der Waals surface area contributed by atoms with E-state index in [1.54, 1.807) is 36.4 Å². The quantitative estimate of drug-likeness (QED) is 0.134. The van der Waals surface area contributed by atoms with E-state index in [0.29, 0.717) is 33.3 Å². The molecular formula is C44H35N3O5. The van der Waals surface area contributed by atoms with Crippen LogP contribution in [0.4, 0.5) is 5.69 Å². The minimum Gasteiger partial charge on any atom is -0.293 e. The molecule has 1 aliphatic heterocycles. The lowest BCUT2D eigenvalue weighted by atomic mass is 9.93. The number of hydrogen-bond donors (Lipinski definition) is 0. The van der Waals surface area contributed by atoms with E-state index in [4.69, 9.17) is 4.98 Å². The summed E-state index contributed by atoms with van der Waals surface area (Å²) in [7, 11) is 0. The summed E-state index contributed by atoms with van der Waals surface area (Å²) in [5.74, 6) is -2.47. The van der Waals surface area contributed by atoms with E-state index in [1.807, 2.05) is 57.2 Å². The zero-order valence-corrected chi connectivity index (χ0v) is 29.2. The largest absolute Gasteiger partial charge is 0.293 e. The second kappa shape index (κ2) is 11.8. The van der Waals surface area contributed by atoms with Crippen LogP contribution in [0.3, 0.4) is 0 Å². The maximum atomic E-state index is 14.2. The highest BCUT2D eigenvalue weighted by atomic mass is 16.2. The number of aromatic nitrogens is 2. The maximum absolute atomic E-state index is 14.2. The molecule has 52 heavy (non-hydrogen) atoms. The van der Waals surface area contributed by atoms with Crippen LogP contribution in [0.1, 0.15) is 113 Å². The maximum Gasteiger partial charge on any atom is 0.266 e. The third kappa shape index (κ3) is 4.81. The number of rotatable bonds is 5. The molecule has 2 heterocycles. The molecule has 3 aliphatic rings. The molecular weight excluding hydrogens is 651 g/mol. The highest BCUT2D eigenvalue weighted by molar-refractivity contribution is 6.36. The fourth-order valence-corrected chi connectivity index (χ4v) is 8.64. The van der Waals surface area contributed by atoms with Crippen molar-refractivity contribution in [2.24, 2.45) is 0 Å². The van der Waals surface area contributed by atoms with E-state index in [0.717, 1.165) is 35.1 Å². The van der Waals surface area contributed by atoms with Crippen LogP contribution >= 0.6 is 0 Å². The highest BCUT2D eigenvalue weighted by Gasteiger charge is 2.44. The third-order valence-electron chi connectivity index (χ3n) is 11.2. The van der Waals surface area contributed by atoms with Gasteiger partial charge in [0.1, 0.15) is 11.7 Å². The van der Waals surface area contributed by atoms with Gasteiger partial charge in [-0.25, -0.2) is 9.88 Å². The molecule has 9 rings (SSSR count). The van der Waals surface area contributed by atoms with Crippen LogP contribution < -0.4 is 10.5 Å². The number of amides is 2. The summed E-state index contributed by atoms with van der Waals surface area (Å²) >= 11 is 0. The fourth-order valence-electron chi connectivity index (χ4n) is 8.64. The molecule has 1 aromatic heterocycles. The van der Waals surface area contributed by atoms with E-state index in [9.17, 15) is 24.0 Å². The van der Waals surface area contributed by atoms with Crippen molar-refractivity contribution in [1.82, 2.24) is 9.55 Å². The number of anilines is 1. The standard InChI is InChI=1S/C44H35N3O5/c1-23-13-14-36-35(15-23)42(50)46(22-26-9-5-4-6-10-26)41(45-36)37-39(48)31-18-29-20-33-34(21-30(29)19-32(31)40(37)49)44(52)47(43(33)51)38-24(2)16-28(17-25(38)3)27-11-7-8-12-27/h4-6,9-10,13-21,27,37H,7-8,11-12,22H2,1-3H3. The van der Waals surface area contributed by atoms with Crippen LogP contribution in [-0.2, 0) is 6.54 Å². The summed E-state index contributed by atoms with van der Waals surface area (Å²) in [6.45, 7) is 5.93. The Balaban J connectivity index is 1.11. The number of Topliss-reactive ketones (excluding diaryl/α,β-unsaturated/α-hetero) is 2. The van der Waals surface area contributed by atoms with Gasteiger partial charge in [0.2, 0.25) is 0 Å². The Morgan fingerprint density at radius 1 is 0.673 bits per heavy atom. The molecule has 0 spiro atoms. The van der Waals surface area contributed by atoms with Gasteiger partial charge in [-0.1, -0.05) is 66.9 Å². The van der Waals surface area contributed by atoms with Gasteiger partial charge < -0.3 is 0 Å². The van der Waals surface area contributed by atoms with E-state index in [1.165, 1.54) is 27.9 Å². The summed E-state index contributed by atoms with van der Waals surface area (Å²) in [5, 5.41) is 1.54. The molecule has 0 N–H and O–H groups in total. The SMILES string of the molecule is Cc1ccc2nc(C3C(=O)c4cc5cc6c(cc5cc4C3=O)C(=O)N(c3c(C)cc(C4CCCC4)cc3C)C6=O)n(Cc3ccccc3)c(=O)c2c1. The van der Waals surface area contributed by atoms with E-state index in [2.05, 4.69) is 12.1 Å². The van der Waals surface area contributed by atoms with Crippen LogP contribution in [0, 0.1) is 20.8 Å². The smallest absolute Gasteiger partial charge is 0.266 e. The molecule has 0 radical (unpaired) electrons. The second-order valence-corrected chi connectivity index (χ2v) is 14.6. The van der Waals surface area contributed by atoms with Gasteiger partial charge in [0, 0.05) is 11.1 Å². The van der Waals surface area contributed by atoms with Gasteiger partial charge in [-0.3, -0.25) is 28.5 Å². The first kappa shape index (κ1) is 31.9. The van der Waals surface area contributed by atoms with Gasteiger partial charge >= 0.3 is 0 Å². The fraction of sp³-hybridized carbons (Fsp3) is 0.227. The second-order valence-electron chi connectivity index (χ2n) is 14.6. The van der Waals surface area contributed by atoms with Crippen molar-refractivity contribution in [3.05, 3.63) is 151 Å². The molecule has 0 bridgehead atoms. The van der Waals surface area contributed by atoms with Gasteiger partial charge in [-0.05, 0) is 109 Å². The Hall–Kier alpha value is -6.02. The summed E-state index contributed by atoms with van der Waals surface area (Å²) in [4.78, 5) is 76.5. The van der Waals surface area contributed by atoms with Crippen LogP contribution in [0.5, 0.6) is 0 Å². The van der Waals surface area contributed by atoms with Gasteiger partial charge in [0.05, 0.1) is 34.3 Å². The Bertz CT molecular complexity index is 2550. The number of carbonyl (C=O) groups excluding carboxylic acids is 4. The highest BCUT2D eigenvalue weighted by Crippen LogP contribution is 2.41. The van der Waals surface area contributed by atoms with Crippen molar-refractivity contribution < 1.29 is 19.2 Å². The number of carbonyl (C=O) groups is 4. The van der Waals surface area contributed by atoms with Crippen molar-refractivity contribution in [2.75, 3.05) is 4.90 Å². The summed E-state index contributed by atoms with van der Waals surface area (Å²) in [6.07, 6.45) is 4.74. The monoisotopic (exact) mass is 685 g/mol. The molecule has 6 aromatic rings. The van der Waals surface area contributed by atoms with Gasteiger partial charge in [-0.15, -0.1) is 0 Å². The van der Waals surface area contributed by atoms with Crippen LogP contribution in [0.15, 0.2) is 89.7 Å². The number of benzene rings is 5. The lowest BCUT2D eigenvalue weighted by Crippen LogP contribution is -2.31. The molecule has 1 fully saturated rings. The minimum atomic E-state index is -1.32. The molecule has 256 valence electrons. The van der Waals surface area contributed by atoms with Crippen molar-refractivity contribution >= 4 is 50.7 Å². The molecule has 2 aliphatic carbocycles.